The van der Waals surface area contributed by atoms with Gasteiger partial charge in [-0.2, -0.15) is 5.10 Å². The van der Waals surface area contributed by atoms with E-state index in [4.69, 9.17) is 5.10 Å². The molecular formula is C19H18N4O. The first-order chi connectivity index (χ1) is 11.8. The monoisotopic (exact) mass is 318 g/mol. The second-order valence-corrected chi connectivity index (χ2v) is 6.91. The molecule has 0 radical (unpaired) electrons. The van der Waals surface area contributed by atoms with Crippen LogP contribution in [0.5, 0.6) is 0 Å². The molecule has 2 aliphatic heterocycles. The first kappa shape index (κ1) is 13.7. The van der Waals surface area contributed by atoms with Gasteiger partial charge in [-0.1, -0.05) is 18.2 Å². The summed E-state index contributed by atoms with van der Waals surface area (Å²) in [6, 6.07) is 12.5. The van der Waals surface area contributed by atoms with Crippen LogP contribution >= 0.6 is 0 Å². The fourth-order valence-corrected chi connectivity index (χ4v) is 4.22. The second kappa shape index (κ2) is 4.90. The Hall–Kier alpha value is -2.69. The largest absolute Gasteiger partial charge is 0.344 e. The number of fused-ring (bicyclic) bond motifs is 3. The summed E-state index contributed by atoms with van der Waals surface area (Å²) in [5.41, 5.74) is 4.40. The van der Waals surface area contributed by atoms with Gasteiger partial charge in [-0.05, 0) is 31.0 Å². The van der Waals surface area contributed by atoms with Crippen molar-refractivity contribution in [1.82, 2.24) is 19.7 Å². The molecule has 5 nitrogen and oxygen atoms in total. The third-order valence-corrected chi connectivity index (χ3v) is 5.54. The third kappa shape index (κ3) is 1.90. The fraction of sp³-hybridized carbons (Fsp3) is 0.316. The molecule has 0 saturated carbocycles. The van der Waals surface area contributed by atoms with Crippen molar-refractivity contribution in [2.75, 3.05) is 13.1 Å². The maximum absolute atomic E-state index is 11.1. The molecule has 0 bridgehead atoms. The van der Waals surface area contributed by atoms with Crippen LogP contribution in [0.1, 0.15) is 18.5 Å². The van der Waals surface area contributed by atoms with Crippen molar-refractivity contribution < 1.29 is 4.79 Å². The van der Waals surface area contributed by atoms with E-state index in [9.17, 15) is 4.79 Å². The molecule has 0 N–H and O–H groups in total. The maximum atomic E-state index is 11.1. The first-order valence-corrected chi connectivity index (χ1v) is 8.40. The summed E-state index contributed by atoms with van der Waals surface area (Å²) in [6.45, 7) is 2.60. The average Bonchev–Trinajstić information content (AvgIpc) is 3.31. The van der Waals surface area contributed by atoms with Gasteiger partial charge in [0.1, 0.15) is 0 Å². The predicted octanol–water partition coefficient (Wildman–Crippen LogP) is 2.60. The Morgan fingerprint density at radius 3 is 2.88 bits per heavy atom. The molecule has 3 aromatic rings. The van der Waals surface area contributed by atoms with Crippen molar-refractivity contribution in [1.29, 1.82) is 0 Å². The Balaban J connectivity index is 1.56. The predicted molar refractivity (Wildman–Crippen MR) is 91.5 cm³/mol. The zero-order chi connectivity index (χ0) is 16.1. The first-order valence-electron chi connectivity index (χ1n) is 8.40. The summed E-state index contributed by atoms with van der Waals surface area (Å²) >= 11 is 0. The van der Waals surface area contributed by atoms with E-state index in [2.05, 4.69) is 27.9 Å². The summed E-state index contributed by atoms with van der Waals surface area (Å²) in [6.07, 6.45) is 4.99. The number of para-hydroxylation sites is 1. The third-order valence-electron chi connectivity index (χ3n) is 5.54. The highest BCUT2D eigenvalue weighted by Crippen LogP contribution is 2.43. The lowest BCUT2D eigenvalue weighted by molar-refractivity contribution is -0.117. The van der Waals surface area contributed by atoms with E-state index in [1.165, 1.54) is 5.69 Å². The van der Waals surface area contributed by atoms with Crippen LogP contribution in [-0.4, -0.2) is 39.2 Å². The lowest BCUT2D eigenvalue weighted by Gasteiger charge is -2.21. The van der Waals surface area contributed by atoms with Crippen molar-refractivity contribution in [3.63, 3.8) is 0 Å². The van der Waals surface area contributed by atoms with Crippen LogP contribution in [0.4, 0.5) is 0 Å². The molecular weight excluding hydrogens is 300 g/mol. The topological polar surface area (TPSA) is 51.0 Å². The number of hydrogen-bond acceptors (Lipinski definition) is 3. The van der Waals surface area contributed by atoms with Crippen molar-refractivity contribution in [2.45, 2.75) is 24.8 Å². The molecule has 1 saturated heterocycles. The minimum atomic E-state index is 0.0937. The van der Waals surface area contributed by atoms with Crippen LogP contribution in [0.3, 0.4) is 0 Å². The molecule has 0 aliphatic carbocycles. The molecule has 1 amide bonds. The minimum absolute atomic E-state index is 0.0937. The summed E-state index contributed by atoms with van der Waals surface area (Å²) in [4.78, 5) is 17.5. The van der Waals surface area contributed by atoms with E-state index >= 15 is 0 Å². The quantitative estimate of drug-likeness (QED) is 0.683. The van der Waals surface area contributed by atoms with E-state index in [1.807, 2.05) is 29.3 Å². The van der Waals surface area contributed by atoms with Gasteiger partial charge in [-0.25, -0.2) is 0 Å². The number of pyridine rings is 1. The second-order valence-electron chi connectivity index (χ2n) is 6.91. The van der Waals surface area contributed by atoms with Crippen LogP contribution < -0.4 is 0 Å². The minimum Gasteiger partial charge on any atom is -0.344 e. The molecule has 1 fully saturated rings. The summed E-state index contributed by atoms with van der Waals surface area (Å²) in [5.74, 6) is 0. The number of amides is 1. The van der Waals surface area contributed by atoms with E-state index in [0.717, 1.165) is 61.0 Å². The maximum Gasteiger partial charge on any atom is 0.209 e. The van der Waals surface area contributed by atoms with Gasteiger partial charge < -0.3 is 4.90 Å². The summed E-state index contributed by atoms with van der Waals surface area (Å²) in [7, 11) is 0. The SMILES string of the molecule is O=CN1CCC2(CCn3nc(-c4cnc5ccccc5c4)cc32)C1. The van der Waals surface area contributed by atoms with Crippen LogP contribution in [-0.2, 0) is 16.8 Å². The molecule has 120 valence electrons. The summed E-state index contributed by atoms with van der Waals surface area (Å²) < 4.78 is 2.12. The van der Waals surface area contributed by atoms with E-state index in [0.29, 0.717) is 0 Å². The number of aromatic nitrogens is 3. The Bertz CT molecular complexity index is 947. The van der Waals surface area contributed by atoms with Crippen molar-refractivity contribution >= 4 is 17.3 Å². The number of hydrogen-bond donors (Lipinski definition) is 0. The number of likely N-dealkylation sites (tertiary alicyclic amines) is 1. The zero-order valence-corrected chi connectivity index (χ0v) is 13.4. The van der Waals surface area contributed by atoms with Gasteiger partial charge in [0.05, 0.1) is 11.2 Å². The van der Waals surface area contributed by atoms with Crippen LogP contribution in [0.25, 0.3) is 22.2 Å². The van der Waals surface area contributed by atoms with Gasteiger partial charge in [-0.3, -0.25) is 14.5 Å². The molecule has 1 aromatic carbocycles. The van der Waals surface area contributed by atoms with Crippen LogP contribution in [0.2, 0.25) is 0 Å². The highest BCUT2D eigenvalue weighted by atomic mass is 16.1. The number of carbonyl (C=O) groups is 1. The van der Waals surface area contributed by atoms with Gasteiger partial charge in [0.25, 0.3) is 0 Å². The number of benzene rings is 1. The van der Waals surface area contributed by atoms with Gasteiger partial charge >= 0.3 is 0 Å². The normalized spacial score (nSPS) is 22.4. The van der Waals surface area contributed by atoms with Crippen LogP contribution in [0, 0.1) is 0 Å². The average molecular weight is 318 g/mol. The van der Waals surface area contributed by atoms with E-state index in [-0.39, 0.29) is 5.41 Å². The Labute approximate surface area is 139 Å². The molecule has 2 aromatic heterocycles. The van der Waals surface area contributed by atoms with Crippen LogP contribution in [0.15, 0.2) is 42.6 Å². The van der Waals surface area contributed by atoms with Gasteiger partial charge in [-0.15, -0.1) is 0 Å². The van der Waals surface area contributed by atoms with Gasteiger partial charge in [0, 0.05) is 47.9 Å². The smallest absolute Gasteiger partial charge is 0.209 e. The molecule has 5 heteroatoms. The molecule has 24 heavy (non-hydrogen) atoms. The standard InChI is InChI=1S/C19H18N4O/c24-13-22-7-5-19(12-22)6-8-23-18(19)10-17(21-23)15-9-14-3-1-2-4-16(14)20-11-15/h1-4,9-11,13H,5-8,12H2. The Morgan fingerprint density at radius 1 is 1.12 bits per heavy atom. The van der Waals surface area contributed by atoms with Crippen molar-refractivity contribution in [3.8, 4) is 11.3 Å². The molecule has 1 spiro atoms. The highest BCUT2D eigenvalue weighted by Gasteiger charge is 2.45. The number of nitrogens with zero attached hydrogens (tertiary/aromatic N) is 4. The molecule has 5 rings (SSSR count). The van der Waals surface area contributed by atoms with E-state index < -0.39 is 0 Å². The number of rotatable bonds is 2. The zero-order valence-electron chi connectivity index (χ0n) is 13.4. The van der Waals surface area contributed by atoms with Gasteiger partial charge in [0.15, 0.2) is 0 Å². The van der Waals surface area contributed by atoms with E-state index in [1.54, 1.807) is 0 Å². The Kier molecular flexibility index (Phi) is 2.80. The molecule has 4 heterocycles. The Morgan fingerprint density at radius 2 is 2.00 bits per heavy atom. The molecule has 2 aliphatic rings. The summed E-state index contributed by atoms with van der Waals surface area (Å²) in [5, 5.41) is 5.94. The highest BCUT2D eigenvalue weighted by molar-refractivity contribution is 5.82. The van der Waals surface area contributed by atoms with Crippen molar-refractivity contribution in [3.05, 3.63) is 48.3 Å². The van der Waals surface area contributed by atoms with Gasteiger partial charge in [0.2, 0.25) is 6.41 Å². The van der Waals surface area contributed by atoms with Crippen molar-refractivity contribution in [2.24, 2.45) is 0 Å². The molecule has 1 unspecified atom stereocenters. The number of aryl methyl sites for hydroxylation is 1. The lowest BCUT2D eigenvalue weighted by Crippen LogP contribution is -2.28. The lowest BCUT2D eigenvalue weighted by atomic mass is 9.82. The fourth-order valence-electron chi connectivity index (χ4n) is 4.22. The number of carbonyl (C=O) groups excluding carboxylic acids is 1. The molecule has 1 atom stereocenters.